The van der Waals surface area contributed by atoms with E-state index in [1.807, 2.05) is 11.9 Å². The van der Waals surface area contributed by atoms with Crippen LogP contribution in [0.4, 0.5) is 5.69 Å². The molecule has 0 aliphatic carbocycles. The summed E-state index contributed by atoms with van der Waals surface area (Å²) in [7, 11) is 1.95. The zero-order valence-electron chi connectivity index (χ0n) is 11.5. The summed E-state index contributed by atoms with van der Waals surface area (Å²) < 4.78 is 0. The maximum Gasteiger partial charge on any atom is 0.304 e. The van der Waals surface area contributed by atoms with Crippen molar-refractivity contribution in [1.29, 1.82) is 0 Å². The molecule has 1 atom stereocenters. The van der Waals surface area contributed by atoms with Crippen LogP contribution in [0.25, 0.3) is 0 Å². The Morgan fingerprint density at radius 3 is 2.28 bits per heavy atom. The number of benzene rings is 1. The lowest BCUT2D eigenvalue weighted by Gasteiger charge is -2.26. The summed E-state index contributed by atoms with van der Waals surface area (Å²) in [6, 6.07) is 3.90. The molecule has 4 heteroatoms. The average molecular weight is 250 g/mol. The van der Waals surface area contributed by atoms with Crippen LogP contribution < -0.4 is 10.6 Å². The van der Waals surface area contributed by atoms with Crippen molar-refractivity contribution in [3.63, 3.8) is 0 Å². The number of nitrogens with two attached hydrogens (primary N) is 1. The van der Waals surface area contributed by atoms with E-state index in [9.17, 15) is 4.79 Å². The van der Waals surface area contributed by atoms with Crippen molar-refractivity contribution in [2.24, 2.45) is 5.73 Å². The molecule has 1 rings (SSSR count). The molecule has 0 bridgehead atoms. The van der Waals surface area contributed by atoms with Gasteiger partial charge in [-0.05, 0) is 31.9 Å². The van der Waals surface area contributed by atoms with Crippen LogP contribution in [-0.4, -0.2) is 30.7 Å². The van der Waals surface area contributed by atoms with Gasteiger partial charge in [-0.2, -0.15) is 0 Å². The molecule has 0 saturated heterocycles. The van der Waals surface area contributed by atoms with Crippen LogP contribution in [0.1, 0.15) is 23.1 Å². The lowest BCUT2D eigenvalue weighted by Crippen LogP contribution is -2.37. The van der Waals surface area contributed by atoms with E-state index in [4.69, 9.17) is 10.8 Å². The van der Waals surface area contributed by atoms with Gasteiger partial charge in [0, 0.05) is 25.3 Å². The number of carboxylic acids is 1. The molecular weight excluding hydrogens is 228 g/mol. The highest BCUT2D eigenvalue weighted by atomic mass is 16.4. The highest BCUT2D eigenvalue weighted by Gasteiger charge is 2.14. The Balaban J connectivity index is 2.84. The highest BCUT2D eigenvalue weighted by Crippen LogP contribution is 2.25. The smallest absolute Gasteiger partial charge is 0.304 e. The first-order chi connectivity index (χ1) is 8.31. The van der Waals surface area contributed by atoms with Crippen molar-refractivity contribution in [2.45, 2.75) is 33.2 Å². The van der Waals surface area contributed by atoms with Crippen LogP contribution in [0.3, 0.4) is 0 Å². The SMILES string of the molecule is Cc1cc(C)c(N(C)CC(N)CC(=O)O)c(C)c1. The number of carboxylic acid groups (broad SMARTS) is 1. The first-order valence-electron chi connectivity index (χ1n) is 6.07. The number of hydrogen-bond donors (Lipinski definition) is 2. The number of aliphatic carboxylic acids is 1. The zero-order chi connectivity index (χ0) is 13.9. The predicted molar refractivity (Wildman–Crippen MR) is 74.2 cm³/mol. The summed E-state index contributed by atoms with van der Waals surface area (Å²) in [5, 5.41) is 8.71. The van der Waals surface area contributed by atoms with E-state index >= 15 is 0 Å². The standard InChI is InChI=1S/C14H22N2O2/c1-9-5-10(2)14(11(3)6-9)16(4)8-12(15)7-13(17)18/h5-6,12H,7-8,15H2,1-4H3,(H,17,18). The quantitative estimate of drug-likeness (QED) is 0.837. The van der Waals surface area contributed by atoms with Gasteiger partial charge in [0.15, 0.2) is 0 Å². The van der Waals surface area contributed by atoms with E-state index in [0.29, 0.717) is 6.54 Å². The molecule has 1 aromatic rings. The second kappa shape index (κ2) is 5.87. The van der Waals surface area contributed by atoms with Gasteiger partial charge in [-0.15, -0.1) is 0 Å². The molecule has 0 aliphatic heterocycles. The van der Waals surface area contributed by atoms with Gasteiger partial charge in [-0.1, -0.05) is 17.7 Å². The van der Waals surface area contributed by atoms with Crippen LogP contribution in [0.2, 0.25) is 0 Å². The Kier molecular flexibility index (Phi) is 4.73. The van der Waals surface area contributed by atoms with Gasteiger partial charge in [0.2, 0.25) is 0 Å². The van der Waals surface area contributed by atoms with E-state index < -0.39 is 5.97 Å². The molecule has 0 saturated carbocycles. The third kappa shape index (κ3) is 3.74. The van der Waals surface area contributed by atoms with E-state index in [1.165, 1.54) is 16.7 Å². The van der Waals surface area contributed by atoms with Gasteiger partial charge < -0.3 is 15.7 Å². The summed E-state index contributed by atoms with van der Waals surface area (Å²) in [5.41, 5.74) is 10.6. The van der Waals surface area contributed by atoms with Gasteiger partial charge in [-0.3, -0.25) is 4.79 Å². The Morgan fingerprint density at radius 2 is 1.83 bits per heavy atom. The number of aryl methyl sites for hydroxylation is 3. The Labute approximate surface area is 108 Å². The number of rotatable bonds is 5. The molecule has 4 nitrogen and oxygen atoms in total. The van der Waals surface area contributed by atoms with Gasteiger partial charge >= 0.3 is 5.97 Å². The third-order valence-corrected chi connectivity index (χ3v) is 2.96. The first-order valence-corrected chi connectivity index (χ1v) is 6.07. The van der Waals surface area contributed by atoms with E-state index in [-0.39, 0.29) is 12.5 Å². The lowest BCUT2D eigenvalue weighted by atomic mass is 10.0. The van der Waals surface area contributed by atoms with Crippen LogP contribution in [0, 0.1) is 20.8 Å². The number of anilines is 1. The summed E-state index contributed by atoms with van der Waals surface area (Å²) in [6.45, 7) is 6.74. The van der Waals surface area contributed by atoms with Crippen LogP contribution in [-0.2, 0) is 4.79 Å². The molecule has 1 unspecified atom stereocenters. The minimum absolute atomic E-state index is 0.00566. The number of carbonyl (C=O) groups is 1. The Morgan fingerprint density at radius 1 is 1.33 bits per heavy atom. The summed E-state index contributed by atoms with van der Waals surface area (Å²) in [4.78, 5) is 12.6. The summed E-state index contributed by atoms with van der Waals surface area (Å²) >= 11 is 0. The molecular formula is C14H22N2O2. The molecule has 0 spiro atoms. The van der Waals surface area contributed by atoms with Crippen molar-refractivity contribution < 1.29 is 9.90 Å². The summed E-state index contributed by atoms with van der Waals surface area (Å²) in [5.74, 6) is -0.853. The molecule has 18 heavy (non-hydrogen) atoms. The minimum Gasteiger partial charge on any atom is -0.481 e. The number of nitrogens with zero attached hydrogens (tertiary/aromatic N) is 1. The van der Waals surface area contributed by atoms with E-state index in [2.05, 4.69) is 32.9 Å². The first kappa shape index (κ1) is 14.5. The molecule has 0 radical (unpaired) electrons. The number of likely N-dealkylation sites (N-methyl/N-ethyl adjacent to an activating group) is 1. The average Bonchev–Trinajstić information content (AvgIpc) is 2.12. The minimum atomic E-state index is -0.853. The fourth-order valence-corrected chi connectivity index (χ4v) is 2.51. The van der Waals surface area contributed by atoms with Gasteiger partial charge in [0.05, 0.1) is 6.42 Å². The molecule has 0 aromatic heterocycles. The van der Waals surface area contributed by atoms with E-state index in [1.54, 1.807) is 0 Å². The van der Waals surface area contributed by atoms with Crippen molar-refractivity contribution in [2.75, 3.05) is 18.5 Å². The molecule has 1 aromatic carbocycles. The van der Waals surface area contributed by atoms with Crippen LogP contribution in [0.5, 0.6) is 0 Å². The van der Waals surface area contributed by atoms with Crippen LogP contribution >= 0.6 is 0 Å². The fourth-order valence-electron chi connectivity index (χ4n) is 2.51. The molecule has 0 amide bonds. The molecule has 100 valence electrons. The maximum atomic E-state index is 10.6. The maximum absolute atomic E-state index is 10.6. The monoisotopic (exact) mass is 250 g/mol. The molecule has 0 aliphatic rings. The molecule has 3 N–H and O–H groups in total. The second-order valence-corrected chi connectivity index (χ2v) is 4.99. The van der Waals surface area contributed by atoms with Gasteiger partial charge in [0.1, 0.15) is 0 Å². The topological polar surface area (TPSA) is 66.6 Å². The van der Waals surface area contributed by atoms with Crippen molar-refractivity contribution >= 4 is 11.7 Å². The zero-order valence-corrected chi connectivity index (χ0v) is 11.5. The van der Waals surface area contributed by atoms with Crippen molar-refractivity contribution in [3.05, 3.63) is 28.8 Å². The van der Waals surface area contributed by atoms with E-state index in [0.717, 1.165) is 5.69 Å². The third-order valence-electron chi connectivity index (χ3n) is 2.96. The highest BCUT2D eigenvalue weighted by molar-refractivity contribution is 5.68. The normalized spacial score (nSPS) is 12.3. The largest absolute Gasteiger partial charge is 0.481 e. The Hall–Kier alpha value is -1.55. The summed E-state index contributed by atoms with van der Waals surface area (Å²) in [6.07, 6.45) is -0.00566. The number of hydrogen-bond acceptors (Lipinski definition) is 3. The van der Waals surface area contributed by atoms with Gasteiger partial charge in [0.25, 0.3) is 0 Å². The molecule has 0 heterocycles. The van der Waals surface area contributed by atoms with Crippen molar-refractivity contribution in [1.82, 2.24) is 0 Å². The lowest BCUT2D eigenvalue weighted by molar-refractivity contribution is -0.137. The Bertz CT molecular complexity index is 420. The second-order valence-electron chi connectivity index (χ2n) is 4.99. The molecule has 0 fully saturated rings. The van der Waals surface area contributed by atoms with Gasteiger partial charge in [-0.25, -0.2) is 0 Å². The predicted octanol–water partition coefficient (Wildman–Crippen LogP) is 1.85. The fraction of sp³-hybridized carbons (Fsp3) is 0.500. The van der Waals surface area contributed by atoms with Crippen molar-refractivity contribution in [3.8, 4) is 0 Å². The van der Waals surface area contributed by atoms with Crippen LogP contribution in [0.15, 0.2) is 12.1 Å².